The Morgan fingerprint density at radius 1 is 0.895 bits per heavy atom. The van der Waals surface area contributed by atoms with Crippen LogP contribution in [-0.2, 0) is 26.2 Å². The molecule has 0 aliphatic rings. The molecule has 1 N–H and O–H groups in total. The summed E-state index contributed by atoms with van der Waals surface area (Å²) in [6.45, 7) is 6.87. The van der Waals surface area contributed by atoms with Crippen LogP contribution in [0.5, 0.6) is 5.75 Å². The average molecular weight is 538 g/mol. The number of nitrogens with zero attached hydrogens (tertiary/aromatic N) is 2. The summed E-state index contributed by atoms with van der Waals surface area (Å²) in [5.74, 6) is -0.544. The van der Waals surface area contributed by atoms with Crippen LogP contribution >= 0.6 is 0 Å². The third-order valence-corrected chi connectivity index (χ3v) is 7.94. The van der Waals surface area contributed by atoms with Gasteiger partial charge in [-0.05, 0) is 63.1 Å². The van der Waals surface area contributed by atoms with Gasteiger partial charge in [0.25, 0.3) is 10.0 Å². The highest BCUT2D eigenvalue weighted by Crippen LogP contribution is 2.32. The minimum atomic E-state index is -4.16. The Hall–Kier alpha value is -3.85. The molecule has 9 heteroatoms. The summed E-state index contributed by atoms with van der Waals surface area (Å²) in [7, 11) is -2.71. The van der Waals surface area contributed by atoms with Gasteiger partial charge in [-0.2, -0.15) is 0 Å². The monoisotopic (exact) mass is 537 g/mol. The summed E-state index contributed by atoms with van der Waals surface area (Å²) in [5, 5.41) is 2.85. The predicted molar refractivity (Wildman–Crippen MR) is 148 cm³/mol. The summed E-state index contributed by atoms with van der Waals surface area (Å²) < 4.78 is 34.2. The number of hydrogen-bond donors (Lipinski definition) is 1. The molecule has 202 valence electrons. The molecule has 0 aromatic heterocycles. The van der Waals surface area contributed by atoms with Gasteiger partial charge in [0.2, 0.25) is 11.8 Å². The SMILES string of the molecule is COc1ccccc1N(CC(=O)N(Cc1ccccc1C)C(C)C(=O)NC(C)C)S(=O)(=O)c1ccccc1. The number of methoxy groups -OCH3 is 1. The molecule has 2 amide bonds. The van der Waals surface area contributed by atoms with Gasteiger partial charge in [0.15, 0.2) is 0 Å². The number of para-hydroxylation sites is 2. The molecule has 0 spiro atoms. The van der Waals surface area contributed by atoms with E-state index >= 15 is 0 Å². The number of anilines is 1. The molecule has 0 saturated carbocycles. The molecule has 3 aromatic carbocycles. The molecule has 38 heavy (non-hydrogen) atoms. The van der Waals surface area contributed by atoms with E-state index in [9.17, 15) is 18.0 Å². The average Bonchev–Trinajstić information content (AvgIpc) is 2.90. The zero-order chi connectivity index (χ0) is 27.9. The van der Waals surface area contributed by atoms with Gasteiger partial charge in [-0.15, -0.1) is 0 Å². The van der Waals surface area contributed by atoms with Gasteiger partial charge in [0.05, 0.1) is 17.7 Å². The lowest BCUT2D eigenvalue weighted by Gasteiger charge is -2.33. The van der Waals surface area contributed by atoms with E-state index in [1.165, 1.54) is 24.1 Å². The second-order valence-corrected chi connectivity index (χ2v) is 11.1. The van der Waals surface area contributed by atoms with Gasteiger partial charge in [-0.25, -0.2) is 8.42 Å². The van der Waals surface area contributed by atoms with Crippen LogP contribution in [0.25, 0.3) is 0 Å². The maximum atomic E-state index is 14.0. The maximum absolute atomic E-state index is 14.0. The Balaban J connectivity index is 2.07. The summed E-state index contributed by atoms with van der Waals surface area (Å²) in [5.41, 5.74) is 2.04. The van der Waals surface area contributed by atoms with E-state index in [0.717, 1.165) is 15.4 Å². The van der Waals surface area contributed by atoms with Gasteiger partial charge in [-0.1, -0.05) is 54.6 Å². The summed E-state index contributed by atoms with van der Waals surface area (Å²) in [4.78, 5) is 28.4. The topological polar surface area (TPSA) is 96.0 Å². The van der Waals surface area contributed by atoms with E-state index in [2.05, 4.69) is 5.32 Å². The van der Waals surface area contributed by atoms with E-state index in [1.54, 1.807) is 49.4 Å². The van der Waals surface area contributed by atoms with Crippen molar-refractivity contribution in [1.29, 1.82) is 0 Å². The fourth-order valence-electron chi connectivity index (χ4n) is 4.03. The van der Waals surface area contributed by atoms with Crippen LogP contribution in [0, 0.1) is 6.92 Å². The normalized spacial score (nSPS) is 12.1. The van der Waals surface area contributed by atoms with Crippen LogP contribution < -0.4 is 14.4 Å². The van der Waals surface area contributed by atoms with Gasteiger partial charge in [-0.3, -0.25) is 13.9 Å². The number of amides is 2. The largest absolute Gasteiger partial charge is 0.495 e. The Bertz CT molecular complexity index is 1360. The highest BCUT2D eigenvalue weighted by atomic mass is 32.2. The Kier molecular flexibility index (Phi) is 9.52. The van der Waals surface area contributed by atoms with Gasteiger partial charge in [0, 0.05) is 12.6 Å². The van der Waals surface area contributed by atoms with Crippen LogP contribution in [0.3, 0.4) is 0 Å². The van der Waals surface area contributed by atoms with Crippen molar-refractivity contribution in [3.8, 4) is 5.75 Å². The van der Waals surface area contributed by atoms with Crippen molar-refractivity contribution >= 4 is 27.5 Å². The van der Waals surface area contributed by atoms with Crippen LogP contribution in [-0.4, -0.2) is 50.9 Å². The molecular weight excluding hydrogens is 502 g/mol. The first-order valence-corrected chi connectivity index (χ1v) is 13.9. The molecule has 0 fully saturated rings. The second kappa shape index (κ2) is 12.6. The van der Waals surface area contributed by atoms with E-state index in [0.29, 0.717) is 5.75 Å². The van der Waals surface area contributed by atoms with E-state index in [4.69, 9.17) is 4.74 Å². The van der Waals surface area contributed by atoms with Crippen molar-refractivity contribution in [3.05, 3.63) is 90.0 Å². The first kappa shape index (κ1) is 28.7. The van der Waals surface area contributed by atoms with Crippen molar-refractivity contribution in [2.24, 2.45) is 0 Å². The number of aryl methyl sites for hydroxylation is 1. The van der Waals surface area contributed by atoms with Crippen molar-refractivity contribution in [2.45, 2.75) is 51.2 Å². The molecule has 0 aliphatic heterocycles. The van der Waals surface area contributed by atoms with Crippen molar-refractivity contribution in [1.82, 2.24) is 10.2 Å². The van der Waals surface area contributed by atoms with Crippen molar-refractivity contribution < 1.29 is 22.7 Å². The summed E-state index contributed by atoms with van der Waals surface area (Å²) in [6.07, 6.45) is 0. The quantitative estimate of drug-likeness (QED) is 0.397. The minimum absolute atomic E-state index is 0.0368. The number of carbonyl (C=O) groups excluding carboxylic acids is 2. The Morgan fingerprint density at radius 2 is 1.50 bits per heavy atom. The highest BCUT2D eigenvalue weighted by Gasteiger charge is 2.33. The lowest BCUT2D eigenvalue weighted by molar-refractivity contribution is -0.139. The van der Waals surface area contributed by atoms with Gasteiger partial charge in [0.1, 0.15) is 18.3 Å². The zero-order valence-electron chi connectivity index (χ0n) is 22.4. The van der Waals surface area contributed by atoms with Crippen LogP contribution in [0.4, 0.5) is 5.69 Å². The molecule has 3 rings (SSSR count). The second-order valence-electron chi connectivity index (χ2n) is 9.28. The first-order chi connectivity index (χ1) is 18.1. The number of sulfonamides is 1. The molecule has 0 heterocycles. The molecule has 8 nitrogen and oxygen atoms in total. The van der Waals surface area contributed by atoms with Crippen molar-refractivity contribution in [2.75, 3.05) is 18.0 Å². The lowest BCUT2D eigenvalue weighted by Crippen LogP contribution is -2.52. The van der Waals surface area contributed by atoms with Crippen LogP contribution in [0.2, 0.25) is 0 Å². The van der Waals surface area contributed by atoms with E-state index in [1.807, 2.05) is 45.0 Å². The molecule has 0 radical (unpaired) electrons. The zero-order valence-corrected chi connectivity index (χ0v) is 23.2. The number of rotatable bonds is 11. The van der Waals surface area contributed by atoms with Gasteiger partial charge >= 0.3 is 0 Å². The highest BCUT2D eigenvalue weighted by molar-refractivity contribution is 7.92. The molecule has 3 aromatic rings. The number of benzene rings is 3. The van der Waals surface area contributed by atoms with Gasteiger partial charge < -0.3 is 15.0 Å². The number of ether oxygens (including phenoxy) is 1. The van der Waals surface area contributed by atoms with E-state index < -0.39 is 28.5 Å². The molecule has 0 aliphatic carbocycles. The van der Waals surface area contributed by atoms with Crippen LogP contribution in [0.15, 0.2) is 83.8 Å². The third-order valence-electron chi connectivity index (χ3n) is 6.16. The fourth-order valence-corrected chi connectivity index (χ4v) is 5.47. The Labute approximate surface area is 225 Å². The molecular formula is C29H35N3O5S. The third kappa shape index (κ3) is 6.72. The first-order valence-electron chi connectivity index (χ1n) is 12.4. The molecule has 0 bridgehead atoms. The smallest absolute Gasteiger partial charge is 0.264 e. The molecule has 0 saturated heterocycles. The minimum Gasteiger partial charge on any atom is -0.495 e. The molecule has 1 unspecified atom stereocenters. The summed E-state index contributed by atoms with van der Waals surface area (Å²) in [6, 6.07) is 21.2. The van der Waals surface area contributed by atoms with Crippen molar-refractivity contribution in [3.63, 3.8) is 0 Å². The predicted octanol–water partition coefficient (Wildman–Crippen LogP) is 4.14. The standard InChI is InChI=1S/C29H35N3O5S/c1-21(2)30-29(34)23(4)31(19-24-14-10-9-13-22(24)3)28(33)20-32(26-17-11-12-18-27(26)37-5)38(35,36)25-15-7-6-8-16-25/h6-18,21,23H,19-20H2,1-5H3,(H,30,34). The number of hydrogen-bond acceptors (Lipinski definition) is 5. The number of nitrogens with one attached hydrogen (secondary N) is 1. The Morgan fingerprint density at radius 3 is 2.13 bits per heavy atom. The summed E-state index contributed by atoms with van der Waals surface area (Å²) >= 11 is 0. The van der Waals surface area contributed by atoms with E-state index in [-0.39, 0.29) is 29.1 Å². The lowest BCUT2D eigenvalue weighted by atomic mass is 10.1. The fraction of sp³-hybridized carbons (Fsp3) is 0.310. The molecule has 1 atom stereocenters. The maximum Gasteiger partial charge on any atom is 0.264 e. The number of carbonyl (C=O) groups is 2. The van der Waals surface area contributed by atoms with Crippen LogP contribution in [0.1, 0.15) is 31.9 Å².